The lowest BCUT2D eigenvalue weighted by Gasteiger charge is -2.19. The van der Waals surface area contributed by atoms with E-state index in [1.165, 1.54) is 4.90 Å². The number of rotatable bonds is 2. The Balaban J connectivity index is 2.36. The number of halogens is 2. The summed E-state index contributed by atoms with van der Waals surface area (Å²) < 4.78 is 35.4. The summed E-state index contributed by atoms with van der Waals surface area (Å²) in [5.74, 6) is -0.373. The normalized spacial score (nSPS) is 20.5. The second-order valence-electron chi connectivity index (χ2n) is 4.19. The van der Waals surface area contributed by atoms with Crippen LogP contribution in [0.3, 0.4) is 0 Å². The van der Waals surface area contributed by atoms with Gasteiger partial charge in [-0.25, -0.2) is 0 Å². The topological polar surface area (TPSA) is 54.5 Å². The highest BCUT2D eigenvalue weighted by atomic mass is 79.9. The number of carbonyl (C=O) groups is 1. The van der Waals surface area contributed by atoms with E-state index < -0.39 is 15.5 Å². The van der Waals surface area contributed by atoms with Gasteiger partial charge in [0, 0.05) is 23.1 Å². The number of hydrogen-bond acceptors (Lipinski definition) is 3. The van der Waals surface area contributed by atoms with Gasteiger partial charge in [0.1, 0.15) is 5.25 Å². The average molecular weight is 336 g/mol. The first kappa shape index (κ1) is 13.5. The smallest absolute Gasteiger partial charge is 0.307 e. The third-order valence-corrected chi connectivity index (χ3v) is 4.99. The molecule has 1 aromatic rings. The van der Waals surface area contributed by atoms with Gasteiger partial charge in [0.25, 0.3) is 0 Å². The lowest BCUT2D eigenvalue weighted by atomic mass is 10.2. The van der Waals surface area contributed by atoms with E-state index in [0.717, 1.165) is 10.0 Å². The van der Waals surface area contributed by atoms with Crippen molar-refractivity contribution in [2.75, 3.05) is 11.4 Å². The van der Waals surface area contributed by atoms with E-state index in [0.29, 0.717) is 5.69 Å². The zero-order chi connectivity index (χ0) is 13.5. The van der Waals surface area contributed by atoms with Gasteiger partial charge >= 0.3 is 10.2 Å². The van der Waals surface area contributed by atoms with Crippen molar-refractivity contribution in [3.05, 3.63) is 28.2 Å². The summed E-state index contributed by atoms with van der Waals surface area (Å²) in [6.07, 6.45) is -0.301. The highest BCUT2D eigenvalue weighted by Crippen LogP contribution is 2.31. The Morgan fingerprint density at radius 3 is 2.67 bits per heavy atom. The van der Waals surface area contributed by atoms with Crippen LogP contribution in [0.5, 0.6) is 0 Å². The molecule has 4 nitrogen and oxygen atoms in total. The van der Waals surface area contributed by atoms with Crippen LogP contribution in [-0.4, -0.2) is 26.1 Å². The Morgan fingerprint density at radius 1 is 1.44 bits per heavy atom. The molecule has 2 rings (SSSR count). The van der Waals surface area contributed by atoms with Crippen LogP contribution >= 0.6 is 15.9 Å². The molecule has 1 fully saturated rings. The molecule has 1 aliphatic heterocycles. The van der Waals surface area contributed by atoms with Gasteiger partial charge in [0.05, 0.1) is 0 Å². The van der Waals surface area contributed by atoms with Crippen LogP contribution in [0.4, 0.5) is 9.57 Å². The summed E-state index contributed by atoms with van der Waals surface area (Å²) in [4.78, 5) is 13.1. The third kappa shape index (κ3) is 2.42. The molecule has 0 radical (unpaired) electrons. The monoisotopic (exact) mass is 335 g/mol. The quantitative estimate of drug-likeness (QED) is 0.778. The largest absolute Gasteiger partial charge is 0.311 e. The summed E-state index contributed by atoms with van der Waals surface area (Å²) in [5.41, 5.74) is 1.43. The van der Waals surface area contributed by atoms with Crippen molar-refractivity contribution in [2.24, 2.45) is 0 Å². The molecule has 7 heteroatoms. The summed E-state index contributed by atoms with van der Waals surface area (Å²) in [7, 11) is -4.67. The standard InChI is InChI=1S/C11H11BrFNO3S/c1-7-9(12)3-2-4-10(7)14-6-8(5-11(14)15)18(13,16)17/h2-4,8H,5-6H2,1H3. The molecule has 1 atom stereocenters. The summed E-state index contributed by atoms with van der Waals surface area (Å²) in [6.45, 7) is 1.68. The fraction of sp³-hybridized carbons (Fsp3) is 0.364. The van der Waals surface area contributed by atoms with Gasteiger partial charge in [0.2, 0.25) is 5.91 Å². The minimum atomic E-state index is -4.67. The van der Waals surface area contributed by atoms with E-state index in [-0.39, 0.29) is 18.9 Å². The number of benzene rings is 1. The fourth-order valence-corrected chi connectivity index (χ4v) is 3.01. The lowest BCUT2D eigenvalue weighted by molar-refractivity contribution is -0.117. The highest BCUT2D eigenvalue weighted by Gasteiger charge is 2.39. The van der Waals surface area contributed by atoms with Crippen LogP contribution in [0.1, 0.15) is 12.0 Å². The van der Waals surface area contributed by atoms with Crippen molar-refractivity contribution in [3.63, 3.8) is 0 Å². The predicted octanol–water partition coefficient (Wildman–Crippen LogP) is 2.16. The SMILES string of the molecule is Cc1c(Br)cccc1N1CC(S(=O)(=O)F)CC1=O. The van der Waals surface area contributed by atoms with Gasteiger partial charge in [-0.2, -0.15) is 8.42 Å². The first-order valence-electron chi connectivity index (χ1n) is 5.29. The van der Waals surface area contributed by atoms with Crippen LogP contribution in [0.15, 0.2) is 22.7 Å². The third-order valence-electron chi connectivity index (χ3n) is 3.02. The average Bonchev–Trinajstić information content (AvgIpc) is 2.64. The van der Waals surface area contributed by atoms with Crippen molar-refractivity contribution in [1.82, 2.24) is 0 Å². The van der Waals surface area contributed by atoms with E-state index in [2.05, 4.69) is 15.9 Å². The molecule has 0 saturated carbocycles. The molecule has 1 saturated heterocycles. The molecule has 0 aliphatic carbocycles. The Morgan fingerprint density at radius 2 is 2.11 bits per heavy atom. The minimum absolute atomic E-state index is 0.130. The molecule has 0 N–H and O–H groups in total. The van der Waals surface area contributed by atoms with Gasteiger partial charge < -0.3 is 4.90 Å². The van der Waals surface area contributed by atoms with Crippen LogP contribution < -0.4 is 4.90 Å². The molecule has 0 spiro atoms. The van der Waals surface area contributed by atoms with E-state index in [1.54, 1.807) is 12.1 Å². The molecule has 1 heterocycles. The van der Waals surface area contributed by atoms with Crippen LogP contribution in [0, 0.1) is 6.92 Å². The first-order valence-corrected chi connectivity index (χ1v) is 7.53. The van der Waals surface area contributed by atoms with Crippen LogP contribution in [0.2, 0.25) is 0 Å². The Bertz CT molecular complexity index is 602. The minimum Gasteiger partial charge on any atom is -0.311 e. The lowest BCUT2D eigenvalue weighted by Crippen LogP contribution is -2.27. The maximum absolute atomic E-state index is 12.9. The molecular formula is C11H11BrFNO3S. The zero-order valence-electron chi connectivity index (χ0n) is 9.56. The van der Waals surface area contributed by atoms with Crippen LogP contribution in [0.25, 0.3) is 0 Å². The molecule has 0 aromatic heterocycles. The van der Waals surface area contributed by atoms with Crippen molar-refractivity contribution in [3.8, 4) is 0 Å². The molecule has 1 aliphatic rings. The first-order chi connectivity index (χ1) is 8.30. The number of hydrogen-bond donors (Lipinski definition) is 0. The van der Waals surface area contributed by atoms with Gasteiger partial charge in [-0.3, -0.25) is 4.79 Å². The summed E-state index contributed by atoms with van der Waals surface area (Å²) >= 11 is 3.34. The van der Waals surface area contributed by atoms with Crippen molar-refractivity contribution < 1.29 is 17.1 Å². The van der Waals surface area contributed by atoms with Crippen molar-refractivity contribution in [1.29, 1.82) is 0 Å². The van der Waals surface area contributed by atoms with Gasteiger partial charge in [-0.15, -0.1) is 3.89 Å². The molecule has 1 aromatic carbocycles. The molecule has 1 amide bonds. The summed E-state index contributed by atoms with van der Waals surface area (Å²) in [5, 5.41) is -1.26. The van der Waals surface area contributed by atoms with Gasteiger partial charge in [0.15, 0.2) is 0 Å². The fourth-order valence-electron chi connectivity index (χ4n) is 1.98. The zero-order valence-corrected chi connectivity index (χ0v) is 12.0. The Labute approximate surface area is 113 Å². The molecule has 0 bridgehead atoms. The molecule has 1 unspecified atom stereocenters. The number of amides is 1. The second kappa shape index (κ2) is 4.62. The summed E-state index contributed by atoms with van der Waals surface area (Å²) in [6, 6.07) is 5.28. The van der Waals surface area contributed by atoms with Gasteiger partial charge in [-0.05, 0) is 24.6 Å². The number of nitrogens with zero attached hydrogens (tertiary/aromatic N) is 1. The van der Waals surface area contributed by atoms with E-state index in [9.17, 15) is 17.1 Å². The number of anilines is 1. The predicted molar refractivity (Wildman–Crippen MR) is 69.7 cm³/mol. The molecule has 98 valence electrons. The van der Waals surface area contributed by atoms with E-state index in [4.69, 9.17) is 0 Å². The van der Waals surface area contributed by atoms with Crippen LogP contribution in [-0.2, 0) is 15.0 Å². The maximum atomic E-state index is 12.9. The molecular weight excluding hydrogens is 325 g/mol. The van der Waals surface area contributed by atoms with Crippen molar-refractivity contribution >= 4 is 37.7 Å². The Hall–Kier alpha value is -0.950. The number of carbonyl (C=O) groups excluding carboxylic acids is 1. The van der Waals surface area contributed by atoms with Gasteiger partial charge in [-0.1, -0.05) is 22.0 Å². The van der Waals surface area contributed by atoms with E-state index in [1.807, 2.05) is 13.0 Å². The molecule has 18 heavy (non-hydrogen) atoms. The van der Waals surface area contributed by atoms with E-state index >= 15 is 0 Å². The highest BCUT2D eigenvalue weighted by molar-refractivity contribution is 9.10. The second-order valence-corrected chi connectivity index (χ2v) is 6.66. The Kier molecular flexibility index (Phi) is 3.46. The maximum Gasteiger partial charge on any atom is 0.307 e. The van der Waals surface area contributed by atoms with Crippen molar-refractivity contribution in [2.45, 2.75) is 18.6 Å².